The number of aliphatic hydroxyl groups excluding tert-OH is 2. The van der Waals surface area contributed by atoms with Crippen LogP contribution in [-0.4, -0.2) is 35.1 Å². The van der Waals surface area contributed by atoms with Crippen molar-refractivity contribution in [1.82, 2.24) is 0 Å². The molecule has 1 rings (SSSR count). The molecule has 3 heteroatoms. The summed E-state index contributed by atoms with van der Waals surface area (Å²) in [7, 11) is 0. The van der Waals surface area contributed by atoms with Crippen LogP contribution in [0.4, 0.5) is 0 Å². The van der Waals surface area contributed by atoms with Crippen molar-refractivity contribution < 1.29 is 14.9 Å². The monoisotopic (exact) mass is 300 g/mol. The third-order valence-corrected chi connectivity index (χ3v) is 4.63. The molecule has 0 aromatic rings. The molecule has 2 N–H and O–H groups in total. The maximum absolute atomic E-state index is 10.1. The topological polar surface area (TPSA) is 49.7 Å². The third kappa shape index (κ3) is 8.80. The molecule has 3 nitrogen and oxygen atoms in total. The lowest BCUT2D eigenvalue weighted by atomic mass is 10.0. The molecule has 1 aliphatic heterocycles. The number of hydrogen-bond donors (Lipinski definition) is 2. The van der Waals surface area contributed by atoms with E-state index in [9.17, 15) is 5.11 Å². The Bertz CT molecular complexity index is 233. The smallest absolute Gasteiger partial charge is 0.0839 e. The average Bonchev–Trinajstić information content (AvgIpc) is 2.98. The van der Waals surface area contributed by atoms with Crippen molar-refractivity contribution in [2.75, 3.05) is 6.61 Å². The summed E-state index contributed by atoms with van der Waals surface area (Å²) in [4.78, 5) is 0. The summed E-state index contributed by atoms with van der Waals surface area (Å²) in [6.45, 7) is 2.34. The molecule has 0 aliphatic carbocycles. The molecule has 3 atom stereocenters. The van der Waals surface area contributed by atoms with Gasteiger partial charge in [-0.3, -0.25) is 0 Å². The number of ether oxygens (including phenoxy) is 1. The highest BCUT2D eigenvalue weighted by molar-refractivity contribution is 4.78. The van der Waals surface area contributed by atoms with Crippen LogP contribution < -0.4 is 0 Å². The SMILES string of the molecule is CCCCCCCCCCCC[C@@H](O)C1CC[C@H](CO)O1. The normalized spacial score (nSPS) is 23.6. The molecule has 1 heterocycles. The number of rotatable bonds is 13. The quantitative estimate of drug-likeness (QED) is 0.501. The minimum atomic E-state index is -0.337. The highest BCUT2D eigenvalue weighted by Crippen LogP contribution is 2.24. The first-order chi connectivity index (χ1) is 10.3. The second-order valence-corrected chi connectivity index (χ2v) is 6.59. The van der Waals surface area contributed by atoms with Crippen LogP contribution in [0.1, 0.15) is 90.4 Å². The second-order valence-electron chi connectivity index (χ2n) is 6.59. The van der Waals surface area contributed by atoms with Crippen molar-refractivity contribution in [1.29, 1.82) is 0 Å². The molecule has 0 amide bonds. The van der Waals surface area contributed by atoms with E-state index in [1.165, 1.54) is 57.8 Å². The summed E-state index contributed by atoms with van der Waals surface area (Å²) in [5, 5.41) is 19.1. The average molecular weight is 300 g/mol. The van der Waals surface area contributed by atoms with E-state index in [4.69, 9.17) is 9.84 Å². The number of hydrogen-bond acceptors (Lipinski definition) is 3. The van der Waals surface area contributed by atoms with Crippen LogP contribution in [0, 0.1) is 0 Å². The molecule has 1 unspecified atom stereocenters. The molecular weight excluding hydrogens is 264 g/mol. The Balaban J connectivity index is 1.85. The van der Waals surface area contributed by atoms with Gasteiger partial charge in [0.05, 0.1) is 24.9 Å². The Morgan fingerprint density at radius 1 is 0.905 bits per heavy atom. The van der Waals surface area contributed by atoms with Gasteiger partial charge in [-0.15, -0.1) is 0 Å². The van der Waals surface area contributed by atoms with Crippen LogP contribution in [0.25, 0.3) is 0 Å². The van der Waals surface area contributed by atoms with Crippen molar-refractivity contribution in [2.24, 2.45) is 0 Å². The van der Waals surface area contributed by atoms with E-state index in [0.29, 0.717) is 0 Å². The predicted molar refractivity (Wildman–Crippen MR) is 87.4 cm³/mol. The van der Waals surface area contributed by atoms with Crippen molar-refractivity contribution in [3.05, 3.63) is 0 Å². The van der Waals surface area contributed by atoms with Crippen molar-refractivity contribution >= 4 is 0 Å². The van der Waals surface area contributed by atoms with Gasteiger partial charge in [0.25, 0.3) is 0 Å². The lowest BCUT2D eigenvalue weighted by Gasteiger charge is -2.18. The van der Waals surface area contributed by atoms with Gasteiger partial charge >= 0.3 is 0 Å². The molecule has 0 radical (unpaired) electrons. The van der Waals surface area contributed by atoms with Gasteiger partial charge in [0.1, 0.15) is 0 Å². The Labute approximate surface area is 131 Å². The Morgan fingerprint density at radius 3 is 2.00 bits per heavy atom. The van der Waals surface area contributed by atoms with Gasteiger partial charge in [0.15, 0.2) is 0 Å². The van der Waals surface area contributed by atoms with Gasteiger partial charge in [-0.05, 0) is 19.3 Å². The number of aliphatic hydroxyl groups is 2. The van der Waals surface area contributed by atoms with E-state index >= 15 is 0 Å². The summed E-state index contributed by atoms with van der Waals surface area (Å²) in [5.41, 5.74) is 0. The highest BCUT2D eigenvalue weighted by atomic mass is 16.5. The summed E-state index contributed by atoms with van der Waals surface area (Å²) in [6.07, 6.45) is 15.4. The molecule has 126 valence electrons. The van der Waals surface area contributed by atoms with Gasteiger partial charge in [0, 0.05) is 0 Å². The summed E-state index contributed by atoms with van der Waals surface area (Å²) >= 11 is 0. The minimum absolute atomic E-state index is 0.0410. The highest BCUT2D eigenvalue weighted by Gasteiger charge is 2.29. The first-order valence-corrected chi connectivity index (χ1v) is 9.22. The lowest BCUT2D eigenvalue weighted by molar-refractivity contribution is -0.0516. The van der Waals surface area contributed by atoms with E-state index in [1.807, 2.05) is 0 Å². The largest absolute Gasteiger partial charge is 0.394 e. The van der Waals surface area contributed by atoms with Crippen LogP contribution in [0.2, 0.25) is 0 Å². The second kappa shape index (κ2) is 12.4. The van der Waals surface area contributed by atoms with Gasteiger partial charge in [-0.25, -0.2) is 0 Å². The van der Waals surface area contributed by atoms with Gasteiger partial charge in [-0.1, -0.05) is 71.1 Å². The fourth-order valence-electron chi connectivity index (χ4n) is 3.18. The first kappa shape index (κ1) is 18.9. The molecule has 0 spiro atoms. The van der Waals surface area contributed by atoms with E-state index in [2.05, 4.69) is 6.92 Å². The van der Waals surface area contributed by atoms with E-state index in [-0.39, 0.29) is 24.9 Å². The Hall–Kier alpha value is -0.120. The predicted octanol–water partition coefficient (Wildman–Crippen LogP) is 4.20. The molecule has 1 saturated heterocycles. The zero-order chi connectivity index (χ0) is 15.3. The molecule has 21 heavy (non-hydrogen) atoms. The molecular formula is C18H36O3. The molecule has 1 aliphatic rings. The van der Waals surface area contributed by atoms with Crippen LogP contribution in [0.3, 0.4) is 0 Å². The van der Waals surface area contributed by atoms with Gasteiger partial charge in [-0.2, -0.15) is 0 Å². The fourth-order valence-corrected chi connectivity index (χ4v) is 3.18. The van der Waals surface area contributed by atoms with Gasteiger partial charge in [0.2, 0.25) is 0 Å². The first-order valence-electron chi connectivity index (χ1n) is 9.22. The zero-order valence-electron chi connectivity index (χ0n) is 13.9. The summed E-state index contributed by atoms with van der Waals surface area (Å²) < 4.78 is 5.61. The molecule has 0 saturated carbocycles. The van der Waals surface area contributed by atoms with Crippen LogP contribution >= 0.6 is 0 Å². The van der Waals surface area contributed by atoms with Crippen LogP contribution in [0.15, 0.2) is 0 Å². The third-order valence-electron chi connectivity index (χ3n) is 4.63. The Morgan fingerprint density at radius 2 is 1.48 bits per heavy atom. The van der Waals surface area contributed by atoms with Crippen molar-refractivity contribution in [3.63, 3.8) is 0 Å². The standard InChI is InChI=1S/C18H36O3/c1-2-3-4-5-6-7-8-9-10-11-12-17(20)18-14-13-16(15-19)21-18/h16-20H,2-15H2,1H3/t16-,17-,18?/m1/s1. The Kier molecular flexibility index (Phi) is 11.2. The maximum Gasteiger partial charge on any atom is 0.0839 e. The molecule has 0 aromatic heterocycles. The van der Waals surface area contributed by atoms with Crippen molar-refractivity contribution in [2.45, 2.75) is 109 Å². The molecule has 0 bridgehead atoms. The lowest BCUT2D eigenvalue weighted by Crippen LogP contribution is -2.27. The fraction of sp³-hybridized carbons (Fsp3) is 1.00. The van der Waals surface area contributed by atoms with E-state index in [1.54, 1.807) is 0 Å². The summed E-state index contributed by atoms with van der Waals surface area (Å²) in [6, 6.07) is 0. The minimum Gasteiger partial charge on any atom is -0.394 e. The van der Waals surface area contributed by atoms with E-state index in [0.717, 1.165) is 25.7 Å². The van der Waals surface area contributed by atoms with Crippen LogP contribution in [0.5, 0.6) is 0 Å². The van der Waals surface area contributed by atoms with Gasteiger partial charge < -0.3 is 14.9 Å². The van der Waals surface area contributed by atoms with Crippen LogP contribution in [-0.2, 0) is 4.74 Å². The maximum atomic E-state index is 10.1. The number of unbranched alkanes of at least 4 members (excludes halogenated alkanes) is 9. The molecule has 0 aromatic carbocycles. The zero-order valence-corrected chi connectivity index (χ0v) is 13.9. The molecule has 1 fully saturated rings. The van der Waals surface area contributed by atoms with Crippen molar-refractivity contribution in [3.8, 4) is 0 Å². The van der Waals surface area contributed by atoms with E-state index < -0.39 is 0 Å². The summed E-state index contributed by atoms with van der Waals surface area (Å²) in [5.74, 6) is 0.